The lowest BCUT2D eigenvalue weighted by Crippen LogP contribution is -2.46. The summed E-state index contributed by atoms with van der Waals surface area (Å²) in [6.45, 7) is 6.70. The molecule has 1 aliphatic heterocycles. The molecule has 0 atom stereocenters. The van der Waals surface area contributed by atoms with Crippen LogP contribution in [0.2, 0.25) is 0 Å². The molecule has 1 fully saturated rings. The first-order valence-electron chi connectivity index (χ1n) is 7.79. The summed E-state index contributed by atoms with van der Waals surface area (Å²) in [4.78, 5) is 12.8. The summed E-state index contributed by atoms with van der Waals surface area (Å²) in [5, 5.41) is 2.60. The van der Waals surface area contributed by atoms with Crippen LogP contribution in [0.5, 0.6) is 0 Å². The van der Waals surface area contributed by atoms with Gasteiger partial charge in [-0.15, -0.1) is 0 Å². The highest BCUT2D eigenvalue weighted by Gasteiger charge is 2.18. The van der Waals surface area contributed by atoms with E-state index in [1.54, 1.807) is 12.3 Å². The van der Waals surface area contributed by atoms with Gasteiger partial charge in [0.2, 0.25) is 5.95 Å². The topological polar surface area (TPSA) is 44.3 Å². The number of nitrogens with one attached hydrogen (secondary N) is 1. The quantitative estimate of drug-likeness (QED) is 0.869. The third-order valence-corrected chi connectivity index (χ3v) is 4.07. The molecule has 0 unspecified atom stereocenters. The van der Waals surface area contributed by atoms with Crippen molar-refractivity contribution in [3.05, 3.63) is 41.8 Å². The van der Waals surface area contributed by atoms with Crippen molar-refractivity contribution in [1.29, 1.82) is 0 Å². The number of piperazine rings is 1. The molecule has 0 aliphatic carbocycles. The molecule has 5 nitrogen and oxygen atoms in total. The van der Waals surface area contributed by atoms with E-state index in [2.05, 4.69) is 32.0 Å². The van der Waals surface area contributed by atoms with Crippen molar-refractivity contribution in [2.24, 2.45) is 0 Å². The van der Waals surface area contributed by atoms with Crippen LogP contribution in [0.3, 0.4) is 0 Å². The minimum atomic E-state index is -1.52. The van der Waals surface area contributed by atoms with E-state index in [0.717, 1.165) is 44.9 Å². The van der Waals surface area contributed by atoms with E-state index in [1.165, 1.54) is 0 Å². The SMILES string of the molecule is CCN1CCN(c2ccnc(Nc3ccc(F)c(F)c3F)n2)CC1. The number of benzene rings is 1. The zero-order valence-corrected chi connectivity index (χ0v) is 13.3. The largest absolute Gasteiger partial charge is 0.354 e. The standard InChI is InChI=1S/C16H18F3N5/c1-2-23-7-9-24(10-8-23)13-5-6-20-16(22-13)21-12-4-3-11(17)14(18)15(12)19/h3-6H,2,7-10H2,1H3,(H,20,21,22). The Labute approximate surface area is 138 Å². The van der Waals surface area contributed by atoms with Crippen molar-refractivity contribution in [1.82, 2.24) is 14.9 Å². The van der Waals surface area contributed by atoms with Gasteiger partial charge in [-0.05, 0) is 24.7 Å². The van der Waals surface area contributed by atoms with Gasteiger partial charge in [-0.25, -0.2) is 18.2 Å². The van der Waals surface area contributed by atoms with E-state index in [9.17, 15) is 13.2 Å². The highest BCUT2D eigenvalue weighted by Crippen LogP contribution is 2.23. The van der Waals surface area contributed by atoms with Gasteiger partial charge in [-0.1, -0.05) is 6.92 Å². The van der Waals surface area contributed by atoms with Gasteiger partial charge in [0, 0.05) is 32.4 Å². The number of anilines is 3. The third-order valence-electron chi connectivity index (χ3n) is 4.07. The fourth-order valence-electron chi connectivity index (χ4n) is 2.62. The molecule has 1 aliphatic rings. The van der Waals surface area contributed by atoms with E-state index in [-0.39, 0.29) is 11.6 Å². The van der Waals surface area contributed by atoms with Gasteiger partial charge in [0.25, 0.3) is 0 Å². The number of hydrogen-bond donors (Lipinski definition) is 1. The van der Waals surface area contributed by atoms with Crippen LogP contribution in [-0.4, -0.2) is 47.6 Å². The Morgan fingerprint density at radius 2 is 1.79 bits per heavy atom. The Morgan fingerprint density at radius 1 is 1.04 bits per heavy atom. The van der Waals surface area contributed by atoms with Gasteiger partial charge < -0.3 is 15.1 Å². The maximum atomic E-state index is 13.7. The third kappa shape index (κ3) is 3.43. The van der Waals surface area contributed by atoms with E-state index >= 15 is 0 Å². The molecule has 0 saturated carbocycles. The first kappa shape index (κ1) is 16.5. The first-order chi connectivity index (χ1) is 11.6. The highest BCUT2D eigenvalue weighted by atomic mass is 19.2. The molecule has 0 amide bonds. The molecule has 2 aromatic rings. The van der Waals surface area contributed by atoms with Crippen LogP contribution < -0.4 is 10.2 Å². The van der Waals surface area contributed by atoms with Gasteiger partial charge in [0.15, 0.2) is 17.5 Å². The Bertz CT molecular complexity index is 717. The van der Waals surface area contributed by atoms with E-state index < -0.39 is 17.5 Å². The molecule has 1 saturated heterocycles. The molecule has 1 N–H and O–H groups in total. The van der Waals surface area contributed by atoms with Crippen LogP contribution in [0, 0.1) is 17.5 Å². The highest BCUT2D eigenvalue weighted by molar-refractivity contribution is 5.56. The van der Waals surface area contributed by atoms with Crippen molar-refractivity contribution in [3.8, 4) is 0 Å². The lowest BCUT2D eigenvalue weighted by atomic mass is 10.3. The second kappa shape index (κ2) is 7.04. The molecular formula is C16H18F3N5. The van der Waals surface area contributed by atoms with Crippen LogP contribution >= 0.6 is 0 Å². The minimum absolute atomic E-state index is 0.135. The Balaban J connectivity index is 1.75. The summed E-state index contributed by atoms with van der Waals surface area (Å²) in [7, 11) is 0. The molecule has 0 spiro atoms. The number of likely N-dealkylation sites (N-methyl/N-ethyl adjacent to an activating group) is 1. The van der Waals surface area contributed by atoms with Crippen molar-refractivity contribution in [2.75, 3.05) is 42.9 Å². The van der Waals surface area contributed by atoms with Crippen molar-refractivity contribution in [3.63, 3.8) is 0 Å². The molecule has 1 aromatic heterocycles. The van der Waals surface area contributed by atoms with Crippen molar-refractivity contribution in [2.45, 2.75) is 6.92 Å². The number of halogens is 3. The van der Waals surface area contributed by atoms with E-state index in [1.807, 2.05) is 0 Å². The summed E-state index contributed by atoms with van der Waals surface area (Å²) in [5.74, 6) is -3.20. The monoisotopic (exact) mass is 337 g/mol. The average molecular weight is 337 g/mol. The predicted octanol–water partition coefficient (Wildman–Crippen LogP) is 2.78. The number of hydrogen-bond acceptors (Lipinski definition) is 5. The lowest BCUT2D eigenvalue weighted by molar-refractivity contribution is 0.270. The van der Waals surface area contributed by atoms with Gasteiger partial charge in [0.1, 0.15) is 5.82 Å². The molecule has 24 heavy (non-hydrogen) atoms. The van der Waals surface area contributed by atoms with Crippen LogP contribution in [0.15, 0.2) is 24.4 Å². The van der Waals surface area contributed by atoms with E-state index in [4.69, 9.17) is 0 Å². The molecule has 2 heterocycles. The molecule has 0 bridgehead atoms. The Kier molecular flexibility index (Phi) is 4.84. The number of rotatable bonds is 4. The zero-order chi connectivity index (χ0) is 17.1. The van der Waals surface area contributed by atoms with Crippen molar-refractivity contribution >= 4 is 17.5 Å². The van der Waals surface area contributed by atoms with Gasteiger partial charge in [-0.3, -0.25) is 0 Å². The van der Waals surface area contributed by atoms with Crippen LogP contribution in [0.1, 0.15) is 6.92 Å². The smallest absolute Gasteiger partial charge is 0.229 e. The second-order valence-electron chi connectivity index (χ2n) is 5.51. The summed E-state index contributed by atoms with van der Waals surface area (Å²) in [6.07, 6.45) is 1.55. The Morgan fingerprint density at radius 3 is 2.50 bits per heavy atom. The number of nitrogens with zero attached hydrogens (tertiary/aromatic N) is 4. The Hall–Kier alpha value is -2.35. The molecule has 3 rings (SSSR count). The van der Waals surface area contributed by atoms with Crippen LogP contribution in [0.25, 0.3) is 0 Å². The molecule has 128 valence electrons. The molecule has 1 aromatic carbocycles. The zero-order valence-electron chi connectivity index (χ0n) is 13.3. The first-order valence-corrected chi connectivity index (χ1v) is 7.79. The number of aromatic nitrogens is 2. The van der Waals surface area contributed by atoms with E-state index in [0.29, 0.717) is 5.82 Å². The fraction of sp³-hybridized carbons (Fsp3) is 0.375. The summed E-state index contributed by atoms with van der Waals surface area (Å²) in [5.41, 5.74) is -0.207. The molecule has 8 heteroatoms. The van der Waals surface area contributed by atoms with Crippen LogP contribution in [-0.2, 0) is 0 Å². The summed E-state index contributed by atoms with van der Waals surface area (Å²) < 4.78 is 40.0. The fourth-order valence-corrected chi connectivity index (χ4v) is 2.62. The summed E-state index contributed by atoms with van der Waals surface area (Å²) in [6, 6.07) is 3.74. The minimum Gasteiger partial charge on any atom is -0.354 e. The average Bonchev–Trinajstić information content (AvgIpc) is 2.62. The lowest BCUT2D eigenvalue weighted by Gasteiger charge is -2.34. The van der Waals surface area contributed by atoms with Gasteiger partial charge >= 0.3 is 0 Å². The second-order valence-corrected chi connectivity index (χ2v) is 5.51. The summed E-state index contributed by atoms with van der Waals surface area (Å²) >= 11 is 0. The van der Waals surface area contributed by atoms with Gasteiger partial charge in [0.05, 0.1) is 5.69 Å². The maximum absolute atomic E-state index is 13.7. The van der Waals surface area contributed by atoms with Crippen molar-refractivity contribution < 1.29 is 13.2 Å². The van der Waals surface area contributed by atoms with Gasteiger partial charge in [-0.2, -0.15) is 4.98 Å². The molecular weight excluding hydrogens is 319 g/mol. The normalized spacial score (nSPS) is 15.6. The molecule has 0 radical (unpaired) electrons. The van der Waals surface area contributed by atoms with Crippen LogP contribution in [0.4, 0.5) is 30.6 Å². The predicted molar refractivity (Wildman–Crippen MR) is 86.0 cm³/mol. The maximum Gasteiger partial charge on any atom is 0.229 e.